The number of nitrogens with zero attached hydrogens (tertiary/aromatic N) is 2. The summed E-state index contributed by atoms with van der Waals surface area (Å²) in [5.74, 6) is 0.00755. The van der Waals surface area contributed by atoms with E-state index in [1.54, 1.807) is 6.92 Å². The van der Waals surface area contributed by atoms with Crippen LogP contribution in [0.3, 0.4) is 0 Å². The second-order valence-corrected chi connectivity index (χ2v) is 3.52. The molecule has 0 aliphatic rings. The molecular weight excluding hydrogens is 180 g/mol. The minimum absolute atomic E-state index is 0.341. The monoisotopic (exact) mass is 197 g/mol. The van der Waals surface area contributed by atoms with Gasteiger partial charge in [0.25, 0.3) is 5.82 Å². The van der Waals surface area contributed by atoms with Crippen molar-refractivity contribution in [2.45, 2.75) is 33.9 Å². The van der Waals surface area contributed by atoms with E-state index in [1.165, 1.54) is 0 Å². The molecule has 0 amide bonds. The lowest BCUT2D eigenvalue weighted by molar-refractivity contribution is -0.706. The number of aromatic nitrogens is 2. The third kappa shape index (κ3) is 2.13. The molecule has 1 rings (SSSR count). The lowest BCUT2D eigenvalue weighted by Gasteiger charge is -2.03. The molecule has 78 valence electrons. The standard InChI is InChI=1S/C10H16N2O2/c1-4-11-5-6-12(9(11)3)7-8(2)10(13)14/h5-6,8H,4,7H2,1-3H3/p+1. The third-order valence-corrected chi connectivity index (χ3v) is 2.49. The Hall–Kier alpha value is -1.32. The van der Waals surface area contributed by atoms with E-state index in [9.17, 15) is 4.79 Å². The topological polar surface area (TPSA) is 46.1 Å². The van der Waals surface area contributed by atoms with Gasteiger partial charge in [-0.05, 0) is 13.8 Å². The van der Waals surface area contributed by atoms with Crippen LogP contribution in [-0.2, 0) is 17.9 Å². The van der Waals surface area contributed by atoms with Crippen LogP contribution < -0.4 is 4.57 Å². The normalized spacial score (nSPS) is 12.8. The first-order chi connectivity index (χ1) is 6.56. The van der Waals surface area contributed by atoms with Crippen LogP contribution in [0.1, 0.15) is 19.7 Å². The molecule has 1 unspecified atom stereocenters. The predicted molar refractivity (Wildman–Crippen MR) is 51.8 cm³/mol. The first-order valence-electron chi connectivity index (χ1n) is 4.84. The van der Waals surface area contributed by atoms with Gasteiger partial charge in [-0.25, -0.2) is 9.13 Å². The summed E-state index contributed by atoms with van der Waals surface area (Å²) in [7, 11) is 0. The van der Waals surface area contributed by atoms with Gasteiger partial charge in [-0.15, -0.1) is 0 Å². The van der Waals surface area contributed by atoms with Crippen molar-refractivity contribution in [3.8, 4) is 0 Å². The molecule has 0 saturated heterocycles. The number of aliphatic carboxylic acids is 1. The quantitative estimate of drug-likeness (QED) is 0.726. The van der Waals surface area contributed by atoms with Crippen molar-refractivity contribution in [2.75, 3.05) is 0 Å². The maximum Gasteiger partial charge on any atom is 0.310 e. The van der Waals surface area contributed by atoms with Crippen LogP contribution in [0.2, 0.25) is 0 Å². The van der Waals surface area contributed by atoms with Crippen LogP contribution in [0, 0.1) is 12.8 Å². The Kier molecular flexibility index (Phi) is 3.28. The molecule has 0 bridgehead atoms. The summed E-state index contributed by atoms with van der Waals surface area (Å²) in [4.78, 5) is 10.7. The molecule has 1 atom stereocenters. The van der Waals surface area contributed by atoms with Gasteiger partial charge >= 0.3 is 5.97 Å². The largest absolute Gasteiger partial charge is 0.481 e. The van der Waals surface area contributed by atoms with E-state index in [1.807, 2.05) is 23.9 Å². The van der Waals surface area contributed by atoms with E-state index in [4.69, 9.17) is 5.11 Å². The molecule has 0 spiro atoms. The molecule has 0 aliphatic heterocycles. The summed E-state index contributed by atoms with van der Waals surface area (Å²) >= 11 is 0. The van der Waals surface area contributed by atoms with Crippen LogP contribution >= 0.6 is 0 Å². The minimum Gasteiger partial charge on any atom is -0.481 e. The minimum atomic E-state index is -0.749. The number of aryl methyl sites for hydroxylation is 1. The Labute approximate surface area is 83.8 Å². The van der Waals surface area contributed by atoms with Crippen LogP contribution in [-0.4, -0.2) is 15.6 Å². The van der Waals surface area contributed by atoms with Gasteiger partial charge in [0.2, 0.25) is 0 Å². The molecular formula is C10H17N2O2+. The Balaban J connectivity index is 2.77. The Morgan fingerprint density at radius 2 is 2.36 bits per heavy atom. The SMILES string of the molecule is CCn1cc[n+](CC(C)C(=O)O)c1C. The van der Waals surface area contributed by atoms with Crippen molar-refractivity contribution >= 4 is 5.97 Å². The van der Waals surface area contributed by atoms with Crippen molar-refractivity contribution < 1.29 is 14.5 Å². The van der Waals surface area contributed by atoms with Gasteiger partial charge in [-0.3, -0.25) is 4.79 Å². The van der Waals surface area contributed by atoms with E-state index in [-0.39, 0.29) is 5.92 Å². The molecule has 4 nitrogen and oxygen atoms in total. The van der Waals surface area contributed by atoms with Crippen molar-refractivity contribution in [3.63, 3.8) is 0 Å². The molecule has 1 N–H and O–H groups in total. The summed E-state index contributed by atoms with van der Waals surface area (Å²) in [6.45, 7) is 7.24. The summed E-state index contributed by atoms with van der Waals surface area (Å²) in [6, 6.07) is 0. The highest BCUT2D eigenvalue weighted by Gasteiger charge is 2.18. The number of hydrogen-bond acceptors (Lipinski definition) is 1. The summed E-state index contributed by atoms with van der Waals surface area (Å²) < 4.78 is 4.07. The second-order valence-electron chi connectivity index (χ2n) is 3.52. The number of hydrogen-bond donors (Lipinski definition) is 1. The summed E-state index contributed by atoms with van der Waals surface area (Å²) in [6.07, 6.45) is 3.90. The zero-order valence-corrected chi connectivity index (χ0v) is 8.90. The number of carbonyl (C=O) groups is 1. The summed E-state index contributed by atoms with van der Waals surface area (Å²) in [5, 5.41) is 8.78. The maximum atomic E-state index is 10.7. The van der Waals surface area contributed by atoms with Gasteiger partial charge in [0, 0.05) is 6.92 Å². The van der Waals surface area contributed by atoms with E-state index in [0.717, 1.165) is 12.4 Å². The van der Waals surface area contributed by atoms with Crippen LogP contribution in [0.5, 0.6) is 0 Å². The van der Waals surface area contributed by atoms with Crippen molar-refractivity contribution in [1.82, 2.24) is 4.57 Å². The fourth-order valence-electron chi connectivity index (χ4n) is 1.44. The molecule has 1 heterocycles. The maximum absolute atomic E-state index is 10.7. The Morgan fingerprint density at radius 3 is 2.79 bits per heavy atom. The van der Waals surface area contributed by atoms with Crippen molar-refractivity contribution in [3.05, 3.63) is 18.2 Å². The highest BCUT2D eigenvalue weighted by atomic mass is 16.4. The molecule has 14 heavy (non-hydrogen) atoms. The van der Waals surface area contributed by atoms with Gasteiger partial charge in [-0.2, -0.15) is 0 Å². The fraction of sp³-hybridized carbons (Fsp3) is 0.600. The molecule has 0 radical (unpaired) electrons. The number of imidazole rings is 1. The fourth-order valence-corrected chi connectivity index (χ4v) is 1.44. The van der Waals surface area contributed by atoms with E-state index in [2.05, 4.69) is 11.5 Å². The molecule has 0 fully saturated rings. The van der Waals surface area contributed by atoms with Crippen molar-refractivity contribution in [1.29, 1.82) is 0 Å². The first-order valence-corrected chi connectivity index (χ1v) is 4.84. The average Bonchev–Trinajstić information content (AvgIpc) is 2.47. The van der Waals surface area contributed by atoms with Gasteiger partial charge in [0.05, 0.1) is 12.5 Å². The molecule has 0 aromatic carbocycles. The summed E-state index contributed by atoms with van der Waals surface area (Å²) in [5.41, 5.74) is 0. The number of carboxylic acids is 1. The lowest BCUT2D eigenvalue weighted by atomic mass is 10.2. The van der Waals surface area contributed by atoms with Crippen LogP contribution in [0.25, 0.3) is 0 Å². The van der Waals surface area contributed by atoms with Gasteiger partial charge in [0.15, 0.2) is 0 Å². The molecule has 1 aromatic heterocycles. The van der Waals surface area contributed by atoms with Crippen LogP contribution in [0.15, 0.2) is 12.4 Å². The number of rotatable bonds is 4. The highest BCUT2D eigenvalue weighted by Crippen LogP contribution is 1.98. The van der Waals surface area contributed by atoms with Gasteiger partial charge in [-0.1, -0.05) is 0 Å². The zero-order chi connectivity index (χ0) is 10.7. The van der Waals surface area contributed by atoms with E-state index in [0.29, 0.717) is 6.54 Å². The highest BCUT2D eigenvalue weighted by molar-refractivity contribution is 5.69. The molecule has 1 aromatic rings. The van der Waals surface area contributed by atoms with Crippen LogP contribution in [0.4, 0.5) is 0 Å². The van der Waals surface area contributed by atoms with Gasteiger partial charge in [0.1, 0.15) is 18.9 Å². The Morgan fingerprint density at radius 1 is 1.71 bits per heavy atom. The lowest BCUT2D eigenvalue weighted by Crippen LogP contribution is -2.40. The third-order valence-electron chi connectivity index (χ3n) is 2.49. The second kappa shape index (κ2) is 4.26. The molecule has 4 heteroatoms. The molecule has 0 aliphatic carbocycles. The Bertz CT molecular complexity index is 331. The number of carboxylic acid groups (broad SMARTS) is 1. The van der Waals surface area contributed by atoms with Crippen molar-refractivity contribution in [2.24, 2.45) is 5.92 Å². The predicted octanol–water partition coefficient (Wildman–Crippen LogP) is 0.825. The van der Waals surface area contributed by atoms with E-state index >= 15 is 0 Å². The van der Waals surface area contributed by atoms with E-state index < -0.39 is 5.97 Å². The first kappa shape index (κ1) is 10.8. The average molecular weight is 197 g/mol. The molecule has 0 saturated carbocycles. The van der Waals surface area contributed by atoms with Gasteiger partial charge < -0.3 is 5.11 Å². The zero-order valence-electron chi connectivity index (χ0n) is 8.90. The smallest absolute Gasteiger partial charge is 0.310 e.